The van der Waals surface area contributed by atoms with Gasteiger partial charge < -0.3 is 10.2 Å². The molecule has 0 aliphatic carbocycles. The predicted molar refractivity (Wildman–Crippen MR) is 134 cm³/mol. The van der Waals surface area contributed by atoms with Gasteiger partial charge in [0.2, 0.25) is 5.91 Å². The van der Waals surface area contributed by atoms with E-state index in [-0.39, 0.29) is 23.3 Å². The second-order valence-electron chi connectivity index (χ2n) is 9.32. The van der Waals surface area contributed by atoms with Crippen molar-refractivity contribution in [1.29, 1.82) is 5.26 Å². The largest absolute Gasteiger partial charge is 0.349 e. The van der Waals surface area contributed by atoms with E-state index in [1.807, 2.05) is 62.4 Å². The fourth-order valence-corrected chi connectivity index (χ4v) is 5.45. The molecule has 1 saturated heterocycles. The van der Waals surface area contributed by atoms with Crippen LogP contribution in [0.25, 0.3) is 10.8 Å². The van der Waals surface area contributed by atoms with Gasteiger partial charge in [0, 0.05) is 16.4 Å². The first-order chi connectivity index (χ1) is 15.8. The highest BCUT2D eigenvalue weighted by atomic mass is 35.5. The van der Waals surface area contributed by atoms with E-state index >= 15 is 0 Å². The Morgan fingerprint density at radius 2 is 1.82 bits per heavy atom. The van der Waals surface area contributed by atoms with Crippen molar-refractivity contribution in [1.82, 2.24) is 10.2 Å². The molecule has 0 aromatic heterocycles. The smallest absolute Gasteiger partial charge is 0.224 e. The summed E-state index contributed by atoms with van der Waals surface area (Å²) in [6.07, 6.45) is 1.75. The third kappa shape index (κ3) is 4.62. The van der Waals surface area contributed by atoms with Gasteiger partial charge in [-0.05, 0) is 86.1 Å². The molecule has 170 valence electrons. The Morgan fingerprint density at radius 1 is 1.09 bits per heavy atom. The number of hydrogen-bond acceptors (Lipinski definition) is 3. The summed E-state index contributed by atoms with van der Waals surface area (Å²) in [5.74, 6) is -0.216. The van der Waals surface area contributed by atoms with Crippen LogP contribution in [0.3, 0.4) is 0 Å². The van der Waals surface area contributed by atoms with Gasteiger partial charge in [0.05, 0.1) is 17.7 Å². The van der Waals surface area contributed by atoms with Crippen LogP contribution in [0.1, 0.15) is 49.4 Å². The van der Waals surface area contributed by atoms with Gasteiger partial charge in [-0.2, -0.15) is 5.26 Å². The summed E-state index contributed by atoms with van der Waals surface area (Å²) in [5.41, 5.74) is 2.43. The summed E-state index contributed by atoms with van der Waals surface area (Å²) >= 11 is 6.39. The van der Waals surface area contributed by atoms with Crippen LogP contribution >= 0.6 is 11.6 Å². The van der Waals surface area contributed by atoms with Gasteiger partial charge in [-0.1, -0.05) is 54.9 Å². The Labute approximate surface area is 201 Å². The highest BCUT2D eigenvalue weighted by Crippen LogP contribution is 2.42. The van der Waals surface area contributed by atoms with E-state index in [4.69, 9.17) is 11.6 Å². The average molecular weight is 460 g/mol. The molecule has 0 spiro atoms. The SMILES string of the molecule is CC(NC(=O)C(C)C1(c2cccc(C#N)c2)CCN(C)CC1)c1cc(Cl)cc2ccccc12. The Hall–Kier alpha value is -2.87. The summed E-state index contributed by atoms with van der Waals surface area (Å²) in [6.45, 7) is 5.88. The second kappa shape index (κ2) is 9.55. The molecule has 1 amide bonds. The quantitative estimate of drug-likeness (QED) is 0.521. The maximum absolute atomic E-state index is 13.6. The van der Waals surface area contributed by atoms with Crippen LogP contribution in [0, 0.1) is 17.2 Å². The number of nitrogens with zero attached hydrogens (tertiary/aromatic N) is 2. The first-order valence-corrected chi connectivity index (χ1v) is 11.9. The van der Waals surface area contributed by atoms with E-state index in [1.165, 1.54) is 0 Å². The van der Waals surface area contributed by atoms with Crippen LogP contribution in [0.2, 0.25) is 5.02 Å². The number of likely N-dealkylation sites (tertiary alicyclic amines) is 1. The number of rotatable bonds is 5. The molecule has 3 aromatic carbocycles. The van der Waals surface area contributed by atoms with Crippen LogP contribution in [0.5, 0.6) is 0 Å². The summed E-state index contributed by atoms with van der Waals surface area (Å²) in [5, 5.41) is 15.5. The maximum atomic E-state index is 13.6. The third-order valence-corrected chi connectivity index (χ3v) is 7.57. The van der Waals surface area contributed by atoms with E-state index in [0.29, 0.717) is 10.6 Å². The Morgan fingerprint density at radius 3 is 2.55 bits per heavy atom. The maximum Gasteiger partial charge on any atom is 0.224 e. The number of fused-ring (bicyclic) bond motifs is 1. The first kappa shape index (κ1) is 23.3. The van der Waals surface area contributed by atoms with Gasteiger partial charge in [0.15, 0.2) is 0 Å². The summed E-state index contributed by atoms with van der Waals surface area (Å²) in [6, 6.07) is 21.9. The highest BCUT2D eigenvalue weighted by Gasteiger charge is 2.43. The lowest BCUT2D eigenvalue weighted by Gasteiger charge is -2.45. The van der Waals surface area contributed by atoms with Crippen LogP contribution in [-0.4, -0.2) is 30.9 Å². The number of benzene rings is 3. The normalized spacial score (nSPS) is 17.8. The highest BCUT2D eigenvalue weighted by molar-refractivity contribution is 6.31. The minimum Gasteiger partial charge on any atom is -0.349 e. The van der Waals surface area contributed by atoms with E-state index in [9.17, 15) is 10.1 Å². The number of hydrogen-bond donors (Lipinski definition) is 1. The first-order valence-electron chi connectivity index (χ1n) is 11.5. The number of nitrogens with one attached hydrogen (secondary N) is 1. The van der Waals surface area contributed by atoms with E-state index in [0.717, 1.165) is 47.8 Å². The zero-order valence-electron chi connectivity index (χ0n) is 19.4. The van der Waals surface area contributed by atoms with Gasteiger partial charge in [-0.3, -0.25) is 4.79 Å². The molecular weight excluding hydrogens is 430 g/mol. The number of nitriles is 1. The molecule has 3 aromatic rings. The fourth-order valence-electron chi connectivity index (χ4n) is 5.22. The standard InChI is InChI=1S/C28H30ClN3O/c1-19(28(11-13-32(3)14-12-28)23-9-6-7-21(15-23)18-30)27(33)31-20(2)26-17-24(29)16-22-8-4-5-10-25(22)26/h4-10,15-17,19-20H,11-14H2,1-3H3,(H,31,33). The van der Waals surface area contributed by atoms with E-state index in [2.05, 4.69) is 35.5 Å². The van der Waals surface area contributed by atoms with Crippen LogP contribution in [-0.2, 0) is 10.2 Å². The molecule has 4 nitrogen and oxygen atoms in total. The van der Waals surface area contributed by atoms with Crippen LogP contribution < -0.4 is 5.32 Å². The van der Waals surface area contributed by atoms with Crippen molar-refractivity contribution in [3.05, 3.63) is 82.4 Å². The molecule has 4 rings (SSSR count). The van der Waals surface area contributed by atoms with Crippen molar-refractivity contribution in [2.24, 2.45) is 5.92 Å². The Bertz CT molecular complexity index is 1210. The van der Waals surface area contributed by atoms with Crippen molar-refractivity contribution in [3.63, 3.8) is 0 Å². The average Bonchev–Trinajstić information content (AvgIpc) is 2.83. The number of carbonyl (C=O) groups excluding carboxylic acids is 1. The molecule has 1 aliphatic heterocycles. The number of halogens is 1. The van der Waals surface area contributed by atoms with E-state index < -0.39 is 0 Å². The Kier molecular flexibility index (Phi) is 6.74. The topological polar surface area (TPSA) is 56.1 Å². The zero-order valence-corrected chi connectivity index (χ0v) is 20.2. The van der Waals surface area contributed by atoms with Crippen molar-refractivity contribution in [2.75, 3.05) is 20.1 Å². The van der Waals surface area contributed by atoms with E-state index in [1.54, 1.807) is 0 Å². The summed E-state index contributed by atoms with van der Waals surface area (Å²) < 4.78 is 0. The second-order valence-corrected chi connectivity index (χ2v) is 9.76. The molecule has 0 radical (unpaired) electrons. The Balaban J connectivity index is 1.64. The fraction of sp³-hybridized carbons (Fsp3) is 0.357. The molecular formula is C28H30ClN3O. The molecule has 5 heteroatoms. The van der Waals surface area contributed by atoms with Gasteiger partial charge in [0.25, 0.3) is 0 Å². The molecule has 1 aliphatic rings. The van der Waals surface area contributed by atoms with Gasteiger partial charge in [-0.25, -0.2) is 0 Å². The van der Waals surface area contributed by atoms with Crippen molar-refractivity contribution >= 4 is 28.3 Å². The number of amides is 1. The van der Waals surface area contributed by atoms with Crippen LogP contribution in [0.4, 0.5) is 0 Å². The zero-order chi connectivity index (χ0) is 23.6. The molecule has 1 N–H and O–H groups in total. The number of piperidine rings is 1. The molecule has 33 heavy (non-hydrogen) atoms. The molecule has 2 atom stereocenters. The van der Waals surface area contributed by atoms with Gasteiger partial charge in [0.1, 0.15) is 0 Å². The molecule has 1 heterocycles. The van der Waals surface area contributed by atoms with Crippen LogP contribution in [0.15, 0.2) is 60.7 Å². The van der Waals surface area contributed by atoms with Gasteiger partial charge >= 0.3 is 0 Å². The third-order valence-electron chi connectivity index (χ3n) is 7.35. The van der Waals surface area contributed by atoms with Gasteiger partial charge in [-0.15, -0.1) is 0 Å². The molecule has 0 bridgehead atoms. The lowest BCUT2D eigenvalue weighted by molar-refractivity contribution is -0.128. The minimum atomic E-state index is -0.306. The molecule has 0 saturated carbocycles. The molecule has 1 fully saturated rings. The lowest BCUT2D eigenvalue weighted by Crippen LogP contribution is -2.50. The van der Waals surface area contributed by atoms with Crippen molar-refractivity contribution in [3.8, 4) is 6.07 Å². The number of carbonyl (C=O) groups is 1. The lowest BCUT2D eigenvalue weighted by atomic mass is 9.64. The van der Waals surface area contributed by atoms with Crippen molar-refractivity contribution in [2.45, 2.75) is 38.1 Å². The molecule has 2 unspecified atom stereocenters. The summed E-state index contributed by atoms with van der Waals surface area (Å²) in [7, 11) is 2.12. The predicted octanol–water partition coefficient (Wildman–Crippen LogP) is 5.84. The summed E-state index contributed by atoms with van der Waals surface area (Å²) in [4.78, 5) is 15.9. The minimum absolute atomic E-state index is 0.0264. The van der Waals surface area contributed by atoms with Crippen molar-refractivity contribution < 1.29 is 4.79 Å². The monoisotopic (exact) mass is 459 g/mol.